The van der Waals surface area contributed by atoms with Gasteiger partial charge in [0, 0.05) is 8.96 Å². The van der Waals surface area contributed by atoms with Crippen LogP contribution in [0.25, 0.3) is 11.0 Å². The van der Waals surface area contributed by atoms with Crippen LogP contribution in [0.1, 0.15) is 16.7 Å². The number of fused-ring (bicyclic) bond motifs is 1. The summed E-state index contributed by atoms with van der Waals surface area (Å²) < 4.78 is 26.3. The minimum atomic E-state index is -1.15. The van der Waals surface area contributed by atoms with E-state index < -0.39 is 23.8 Å². The lowest BCUT2D eigenvalue weighted by atomic mass is 10.0. The van der Waals surface area contributed by atoms with E-state index in [4.69, 9.17) is 14.3 Å². The van der Waals surface area contributed by atoms with E-state index in [0.717, 1.165) is 9.13 Å². The van der Waals surface area contributed by atoms with Gasteiger partial charge < -0.3 is 14.3 Å². The van der Waals surface area contributed by atoms with Crippen LogP contribution in [0.3, 0.4) is 0 Å². The summed E-state index contributed by atoms with van der Waals surface area (Å²) in [6, 6.07) is 10.6. The normalized spacial score (nSPS) is 10.9. The van der Waals surface area contributed by atoms with E-state index >= 15 is 0 Å². The molecule has 2 aromatic carbocycles. The molecule has 0 fully saturated rings. The number of benzene rings is 2. The Balaban J connectivity index is 1.98. The molecule has 5 nitrogen and oxygen atoms in total. The Hall–Kier alpha value is -2.42. The van der Waals surface area contributed by atoms with Crippen molar-refractivity contribution in [3.63, 3.8) is 0 Å². The lowest BCUT2D eigenvalue weighted by molar-refractivity contribution is -0.136. The van der Waals surface area contributed by atoms with Crippen molar-refractivity contribution in [3.05, 3.63) is 72.9 Å². The van der Waals surface area contributed by atoms with E-state index in [9.17, 15) is 14.0 Å². The van der Waals surface area contributed by atoms with E-state index in [2.05, 4.69) is 22.6 Å². The molecule has 0 spiro atoms. The molecule has 0 aliphatic rings. The molecule has 0 radical (unpaired) electrons. The van der Waals surface area contributed by atoms with Gasteiger partial charge in [0.1, 0.15) is 6.61 Å². The SMILES string of the molecule is Cc1c(CC(=O)O)c(=O)oc2c(F)c(OCc3cccc(I)c3)ccc12. The van der Waals surface area contributed by atoms with Crippen LogP contribution >= 0.6 is 22.6 Å². The van der Waals surface area contributed by atoms with E-state index in [1.165, 1.54) is 6.07 Å². The van der Waals surface area contributed by atoms with E-state index in [-0.39, 0.29) is 23.5 Å². The zero-order valence-corrected chi connectivity index (χ0v) is 15.9. The highest BCUT2D eigenvalue weighted by Crippen LogP contribution is 2.29. The second-order valence-electron chi connectivity index (χ2n) is 5.74. The summed E-state index contributed by atoms with van der Waals surface area (Å²) >= 11 is 2.18. The molecule has 3 rings (SSSR count). The van der Waals surface area contributed by atoms with Gasteiger partial charge in [-0.3, -0.25) is 4.79 Å². The third-order valence-electron chi connectivity index (χ3n) is 3.97. The highest BCUT2D eigenvalue weighted by atomic mass is 127. The van der Waals surface area contributed by atoms with Crippen LogP contribution in [0.4, 0.5) is 4.39 Å². The summed E-state index contributed by atoms with van der Waals surface area (Å²) in [5.41, 5.74) is 0.192. The maximum atomic E-state index is 14.7. The van der Waals surface area contributed by atoms with E-state index in [1.807, 2.05) is 24.3 Å². The number of halogens is 2. The van der Waals surface area contributed by atoms with Crippen molar-refractivity contribution in [2.75, 3.05) is 0 Å². The van der Waals surface area contributed by atoms with Crippen LogP contribution in [0, 0.1) is 16.3 Å². The Morgan fingerprint density at radius 3 is 2.77 bits per heavy atom. The maximum Gasteiger partial charge on any atom is 0.340 e. The van der Waals surface area contributed by atoms with Gasteiger partial charge >= 0.3 is 11.6 Å². The fraction of sp³-hybridized carbons (Fsp3) is 0.158. The van der Waals surface area contributed by atoms with Crippen LogP contribution in [-0.4, -0.2) is 11.1 Å². The van der Waals surface area contributed by atoms with Crippen LogP contribution in [-0.2, 0) is 17.8 Å². The number of carbonyl (C=O) groups is 1. The molecule has 0 aliphatic carbocycles. The molecule has 26 heavy (non-hydrogen) atoms. The van der Waals surface area contributed by atoms with Crippen LogP contribution in [0.5, 0.6) is 5.75 Å². The van der Waals surface area contributed by atoms with Gasteiger partial charge in [0.15, 0.2) is 11.3 Å². The standard InChI is InChI=1S/C19H14FIO5/c1-10-13-5-6-15(25-9-11-3-2-4-12(21)7-11)17(20)18(13)26-19(24)14(10)8-16(22)23/h2-7H,8-9H2,1H3,(H,22,23). The summed E-state index contributed by atoms with van der Waals surface area (Å²) in [7, 11) is 0. The first-order valence-electron chi connectivity index (χ1n) is 7.70. The summed E-state index contributed by atoms with van der Waals surface area (Å²) in [5, 5.41) is 9.26. The average molecular weight is 468 g/mol. The third-order valence-corrected chi connectivity index (χ3v) is 4.64. The first-order chi connectivity index (χ1) is 12.4. The molecule has 0 bridgehead atoms. The Bertz CT molecular complexity index is 1060. The molecule has 0 atom stereocenters. The lowest BCUT2D eigenvalue weighted by Crippen LogP contribution is -2.15. The quantitative estimate of drug-likeness (QED) is 0.452. The molecule has 1 N–H and O–H groups in total. The van der Waals surface area contributed by atoms with Gasteiger partial charge in [-0.1, -0.05) is 12.1 Å². The van der Waals surface area contributed by atoms with Crippen molar-refractivity contribution in [1.82, 2.24) is 0 Å². The van der Waals surface area contributed by atoms with Crippen LogP contribution < -0.4 is 10.4 Å². The predicted molar refractivity (Wildman–Crippen MR) is 102 cm³/mol. The molecular formula is C19H14FIO5. The van der Waals surface area contributed by atoms with Crippen molar-refractivity contribution in [3.8, 4) is 5.75 Å². The van der Waals surface area contributed by atoms with Crippen molar-refractivity contribution in [2.24, 2.45) is 0 Å². The summed E-state index contributed by atoms with van der Waals surface area (Å²) in [4.78, 5) is 22.9. The molecule has 134 valence electrons. The summed E-state index contributed by atoms with van der Waals surface area (Å²) in [6.45, 7) is 1.74. The van der Waals surface area contributed by atoms with Crippen LogP contribution in [0.15, 0.2) is 45.6 Å². The molecule has 0 amide bonds. The van der Waals surface area contributed by atoms with E-state index in [0.29, 0.717) is 10.9 Å². The Morgan fingerprint density at radius 1 is 1.31 bits per heavy atom. The van der Waals surface area contributed by atoms with Gasteiger partial charge in [0.25, 0.3) is 0 Å². The molecule has 7 heteroatoms. The van der Waals surface area contributed by atoms with E-state index in [1.54, 1.807) is 13.0 Å². The van der Waals surface area contributed by atoms with Crippen molar-refractivity contribution >= 4 is 39.5 Å². The van der Waals surface area contributed by atoms with Gasteiger partial charge in [-0.25, -0.2) is 4.79 Å². The largest absolute Gasteiger partial charge is 0.486 e. The second kappa shape index (κ2) is 7.45. The second-order valence-corrected chi connectivity index (χ2v) is 6.98. The number of carboxylic acids is 1. The van der Waals surface area contributed by atoms with Crippen LogP contribution in [0.2, 0.25) is 0 Å². The predicted octanol–water partition coefficient (Wildman–Crippen LogP) is 4.05. The minimum absolute atomic E-state index is 0.0110. The zero-order valence-electron chi connectivity index (χ0n) is 13.7. The molecular weight excluding hydrogens is 454 g/mol. The van der Waals surface area contributed by atoms with Gasteiger partial charge in [-0.2, -0.15) is 4.39 Å². The number of carboxylic acid groups (broad SMARTS) is 1. The highest BCUT2D eigenvalue weighted by molar-refractivity contribution is 14.1. The molecule has 1 heterocycles. The van der Waals surface area contributed by atoms with Crippen molar-refractivity contribution in [2.45, 2.75) is 20.0 Å². The van der Waals surface area contributed by atoms with Gasteiger partial charge in [-0.15, -0.1) is 0 Å². The summed E-state index contributed by atoms with van der Waals surface area (Å²) in [5.74, 6) is -1.97. The monoisotopic (exact) mass is 468 g/mol. The Kier molecular flexibility index (Phi) is 5.26. The van der Waals surface area contributed by atoms with Crippen molar-refractivity contribution < 1.29 is 23.4 Å². The zero-order chi connectivity index (χ0) is 18.8. The Labute approximate surface area is 161 Å². The number of rotatable bonds is 5. The number of hydrogen-bond acceptors (Lipinski definition) is 4. The smallest absolute Gasteiger partial charge is 0.340 e. The average Bonchev–Trinajstić information content (AvgIpc) is 2.58. The minimum Gasteiger partial charge on any atom is -0.486 e. The molecule has 0 saturated carbocycles. The van der Waals surface area contributed by atoms with Gasteiger partial charge in [0.05, 0.1) is 12.0 Å². The molecule has 0 aliphatic heterocycles. The molecule has 3 aromatic rings. The fourth-order valence-corrected chi connectivity index (χ4v) is 3.27. The Morgan fingerprint density at radius 2 is 2.08 bits per heavy atom. The molecule has 0 unspecified atom stereocenters. The fourth-order valence-electron chi connectivity index (χ4n) is 2.66. The highest BCUT2D eigenvalue weighted by Gasteiger charge is 2.19. The number of ether oxygens (including phenoxy) is 1. The first kappa shape index (κ1) is 18.4. The number of aryl methyl sites for hydroxylation is 1. The first-order valence-corrected chi connectivity index (χ1v) is 8.78. The maximum absolute atomic E-state index is 14.7. The molecule has 1 aromatic heterocycles. The lowest BCUT2D eigenvalue weighted by Gasteiger charge is -2.11. The third kappa shape index (κ3) is 3.72. The number of hydrogen-bond donors (Lipinski definition) is 1. The van der Waals surface area contributed by atoms with Gasteiger partial charge in [0.2, 0.25) is 5.82 Å². The molecule has 0 saturated heterocycles. The topological polar surface area (TPSA) is 76.7 Å². The van der Waals surface area contributed by atoms with Gasteiger partial charge in [-0.05, 0) is 64.9 Å². The summed E-state index contributed by atoms with van der Waals surface area (Å²) in [6.07, 6.45) is -0.476. The van der Waals surface area contributed by atoms with Crippen molar-refractivity contribution in [1.29, 1.82) is 0 Å². The number of aliphatic carboxylic acids is 1.